The highest BCUT2D eigenvalue weighted by Crippen LogP contribution is 2.13. The molecule has 0 fully saturated rings. The molecule has 0 radical (unpaired) electrons. The molecule has 0 aliphatic heterocycles. The Morgan fingerprint density at radius 2 is 2.42 bits per heavy atom. The van der Waals surface area contributed by atoms with Gasteiger partial charge in [0.2, 0.25) is 5.95 Å². The van der Waals surface area contributed by atoms with Gasteiger partial charge in [-0.2, -0.15) is 9.65 Å². The fraction of sp³-hybridized carbons (Fsp3) is 0. The molecule has 0 unspecified atom stereocenters. The molecule has 0 N–H and O–H groups in total. The van der Waals surface area contributed by atoms with Gasteiger partial charge in [-0.05, 0) is 17.7 Å². The summed E-state index contributed by atoms with van der Waals surface area (Å²) < 4.78 is 12.5. The van der Waals surface area contributed by atoms with Crippen molar-refractivity contribution in [3.8, 4) is 6.07 Å². The summed E-state index contributed by atoms with van der Waals surface area (Å²) in [6.45, 7) is 0. The molecule has 0 saturated heterocycles. The minimum Gasteiger partial charge on any atom is -0.226 e. The number of hydrogen-bond donors (Lipinski definition) is 0. The number of hydrogen-bond acceptors (Lipinski definition) is 2. The summed E-state index contributed by atoms with van der Waals surface area (Å²) in [6.07, 6.45) is 4.07. The van der Waals surface area contributed by atoms with E-state index in [1.807, 2.05) is 0 Å². The van der Waals surface area contributed by atoms with Gasteiger partial charge in [-0.25, -0.2) is 4.98 Å². The van der Waals surface area contributed by atoms with Crippen LogP contribution in [0.15, 0.2) is 18.3 Å². The Morgan fingerprint density at radius 3 is 3.00 bits per heavy atom. The van der Waals surface area contributed by atoms with Gasteiger partial charge in [-0.15, -0.1) is 0 Å². The van der Waals surface area contributed by atoms with Crippen molar-refractivity contribution in [2.24, 2.45) is 0 Å². The number of allylic oxidation sites excluding steroid dienone is 1. The molecule has 0 bridgehead atoms. The van der Waals surface area contributed by atoms with Crippen LogP contribution in [0.3, 0.4) is 0 Å². The first-order valence-corrected chi connectivity index (χ1v) is 3.49. The standard InChI is InChI=1S/C8H4ClFN2/c9-7-4-6(2-1-3-11)5-12-8(7)10/h1-2,4-5H. The van der Waals surface area contributed by atoms with E-state index >= 15 is 0 Å². The lowest BCUT2D eigenvalue weighted by molar-refractivity contribution is 0.584. The van der Waals surface area contributed by atoms with Crippen LogP contribution in [0.25, 0.3) is 6.08 Å². The van der Waals surface area contributed by atoms with Crippen LogP contribution in [0.5, 0.6) is 0 Å². The van der Waals surface area contributed by atoms with Crippen molar-refractivity contribution < 1.29 is 4.39 Å². The van der Waals surface area contributed by atoms with Crippen molar-refractivity contribution >= 4 is 17.7 Å². The minimum atomic E-state index is -0.703. The van der Waals surface area contributed by atoms with Crippen molar-refractivity contribution in [3.05, 3.63) is 34.9 Å². The highest BCUT2D eigenvalue weighted by molar-refractivity contribution is 6.30. The van der Waals surface area contributed by atoms with E-state index in [9.17, 15) is 4.39 Å². The summed E-state index contributed by atoms with van der Waals surface area (Å²) >= 11 is 5.44. The Morgan fingerprint density at radius 1 is 1.67 bits per heavy atom. The Bertz CT molecular complexity index is 355. The normalized spacial score (nSPS) is 10.1. The number of rotatable bonds is 1. The molecule has 1 rings (SSSR count). The second-order valence-corrected chi connectivity index (χ2v) is 2.41. The Kier molecular flexibility index (Phi) is 2.78. The topological polar surface area (TPSA) is 36.7 Å². The fourth-order valence-corrected chi connectivity index (χ4v) is 0.835. The number of halogens is 2. The first-order valence-electron chi connectivity index (χ1n) is 3.11. The monoisotopic (exact) mass is 182 g/mol. The molecule has 0 saturated carbocycles. The van der Waals surface area contributed by atoms with Crippen molar-refractivity contribution in [1.82, 2.24) is 4.98 Å². The second-order valence-electron chi connectivity index (χ2n) is 2.00. The predicted molar refractivity (Wildman–Crippen MR) is 43.9 cm³/mol. The van der Waals surface area contributed by atoms with Crippen LogP contribution in [-0.2, 0) is 0 Å². The maximum Gasteiger partial charge on any atom is 0.231 e. The molecule has 1 aromatic heterocycles. The van der Waals surface area contributed by atoms with Gasteiger partial charge in [-0.3, -0.25) is 0 Å². The summed E-state index contributed by atoms with van der Waals surface area (Å²) in [5, 5.41) is 8.14. The zero-order chi connectivity index (χ0) is 8.97. The van der Waals surface area contributed by atoms with Gasteiger partial charge in [0, 0.05) is 12.3 Å². The molecule has 4 heteroatoms. The molecule has 2 nitrogen and oxygen atoms in total. The zero-order valence-electron chi connectivity index (χ0n) is 5.96. The van der Waals surface area contributed by atoms with Gasteiger partial charge in [0.05, 0.1) is 11.1 Å². The van der Waals surface area contributed by atoms with Crippen molar-refractivity contribution in [3.63, 3.8) is 0 Å². The molecule has 12 heavy (non-hydrogen) atoms. The molecule has 0 aliphatic carbocycles. The van der Waals surface area contributed by atoms with Gasteiger partial charge >= 0.3 is 0 Å². The summed E-state index contributed by atoms with van der Waals surface area (Å²) in [4.78, 5) is 3.37. The number of nitriles is 1. The third-order valence-electron chi connectivity index (χ3n) is 1.17. The number of pyridine rings is 1. The zero-order valence-corrected chi connectivity index (χ0v) is 6.72. The van der Waals surface area contributed by atoms with Crippen LogP contribution in [-0.4, -0.2) is 4.98 Å². The van der Waals surface area contributed by atoms with E-state index < -0.39 is 5.95 Å². The average molecular weight is 183 g/mol. The van der Waals surface area contributed by atoms with E-state index in [0.717, 1.165) is 0 Å². The van der Waals surface area contributed by atoms with Crippen LogP contribution >= 0.6 is 11.6 Å². The molecule has 1 aromatic rings. The molecule has 0 atom stereocenters. The molecule has 0 aromatic carbocycles. The second kappa shape index (κ2) is 3.84. The first kappa shape index (κ1) is 8.69. The predicted octanol–water partition coefficient (Wildman–Crippen LogP) is 2.41. The van der Waals surface area contributed by atoms with E-state index in [0.29, 0.717) is 5.56 Å². The van der Waals surface area contributed by atoms with Crippen LogP contribution in [0, 0.1) is 17.3 Å². The van der Waals surface area contributed by atoms with Gasteiger partial charge in [-0.1, -0.05) is 11.6 Å². The van der Waals surface area contributed by atoms with Crippen LogP contribution < -0.4 is 0 Å². The smallest absolute Gasteiger partial charge is 0.226 e. The summed E-state index contributed by atoms with van der Waals surface area (Å²) in [6, 6.07) is 3.21. The van der Waals surface area contributed by atoms with Gasteiger partial charge in [0.25, 0.3) is 0 Å². The average Bonchev–Trinajstić information content (AvgIpc) is 2.07. The lowest BCUT2D eigenvalue weighted by Gasteiger charge is -1.93. The van der Waals surface area contributed by atoms with Crippen LogP contribution in [0.2, 0.25) is 5.02 Å². The van der Waals surface area contributed by atoms with Gasteiger partial charge in [0.15, 0.2) is 0 Å². The highest BCUT2D eigenvalue weighted by Gasteiger charge is 1.99. The maximum atomic E-state index is 12.5. The molecular weight excluding hydrogens is 179 g/mol. The molecule has 0 spiro atoms. The van der Waals surface area contributed by atoms with Crippen LogP contribution in [0.4, 0.5) is 4.39 Å². The molecular formula is C8H4ClFN2. The van der Waals surface area contributed by atoms with E-state index in [1.165, 1.54) is 24.4 Å². The largest absolute Gasteiger partial charge is 0.231 e. The van der Waals surface area contributed by atoms with E-state index in [-0.39, 0.29) is 5.02 Å². The quantitative estimate of drug-likeness (QED) is 0.494. The lowest BCUT2D eigenvalue weighted by atomic mass is 10.2. The minimum absolute atomic E-state index is 0.0462. The molecule has 60 valence electrons. The Labute approximate surface area is 73.9 Å². The van der Waals surface area contributed by atoms with Crippen molar-refractivity contribution in [2.45, 2.75) is 0 Å². The van der Waals surface area contributed by atoms with Gasteiger partial charge in [0.1, 0.15) is 0 Å². The molecule has 0 amide bonds. The summed E-state index contributed by atoms with van der Waals surface area (Å²) in [7, 11) is 0. The lowest BCUT2D eigenvalue weighted by Crippen LogP contribution is -1.84. The summed E-state index contributed by atoms with van der Waals surface area (Å²) in [5.74, 6) is -0.703. The maximum absolute atomic E-state index is 12.5. The van der Waals surface area contributed by atoms with E-state index in [2.05, 4.69) is 4.98 Å². The highest BCUT2D eigenvalue weighted by atomic mass is 35.5. The van der Waals surface area contributed by atoms with Crippen molar-refractivity contribution in [1.29, 1.82) is 5.26 Å². The van der Waals surface area contributed by atoms with E-state index in [4.69, 9.17) is 16.9 Å². The third-order valence-corrected chi connectivity index (χ3v) is 1.43. The first-order chi connectivity index (χ1) is 5.74. The molecule has 0 aliphatic rings. The fourth-order valence-electron chi connectivity index (χ4n) is 0.661. The van der Waals surface area contributed by atoms with Gasteiger partial charge < -0.3 is 0 Å². The third kappa shape index (κ3) is 2.04. The van der Waals surface area contributed by atoms with Crippen LogP contribution in [0.1, 0.15) is 5.56 Å². The SMILES string of the molecule is N#CC=Cc1cnc(F)c(Cl)c1. The Balaban J connectivity index is 2.99. The van der Waals surface area contributed by atoms with Crippen molar-refractivity contribution in [2.75, 3.05) is 0 Å². The van der Waals surface area contributed by atoms with E-state index in [1.54, 1.807) is 6.07 Å². The Hall–Kier alpha value is -1.40. The number of nitrogens with zero attached hydrogens (tertiary/aromatic N) is 2. The summed E-state index contributed by atoms with van der Waals surface area (Å²) in [5.41, 5.74) is 0.600. The molecule has 1 heterocycles. The number of aromatic nitrogens is 1.